The molecule has 4 aromatic rings. The van der Waals surface area contributed by atoms with Crippen LogP contribution in [-0.2, 0) is 12.4 Å². The molecule has 224 valence electrons. The molecule has 42 heavy (non-hydrogen) atoms. The van der Waals surface area contributed by atoms with E-state index in [1.165, 1.54) is 25.4 Å². The molecule has 4 heterocycles. The third-order valence-corrected chi connectivity index (χ3v) is 6.06. The van der Waals surface area contributed by atoms with Crippen molar-refractivity contribution in [3.05, 3.63) is 86.4 Å². The standard InChI is InChI=1S/C12H8ClF3N2O.C6H5BF3NO2.C6H5ClINO/c1-19-9-6-18-11(13)4-8(9)7-2-3-10(17-5-7)12(14,15)16;8-6(9,10)5-2-1-4(3-11-5)7(12)13;1-10-5-3-9-6(7)2-4(5)8/h2-6H,1H3;1-3,12-13H;2-3H,1H3. The maximum atomic E-state index is 12.4. The van der Waals surface area contributed by atoms with Gasteiger partial charge in [-0.25, -0.2) is 9.97 Å². The first kappa shape index (κ1) is 35.3. The Bertz CT molecular complexity index is 1450. The lowest BCUT2D eigenvalue weighted by Gasteiger charge is -2.10. The number of halogens is 9. The minimum Gasteiger partial charge on any atom is -0.494 e. The Hall–Kier alpha value is -2.93. The van der Waals surface area contributed by atoms with Crippen molar-refractivity contribution in [3.63, 3.8) is 0 Å². The van der Waals surface area contributed by atoms with Crippen molar-refractivity contribution in [2.45, 2.75) is 12.4 Å². The zero-order chi connectivity index (χ0) is 31.7. The molecule has 0 radical (unpaired) electrons. The molecule has 0 aliphatic carbocycles. The number of pyridine rings is 4. The van der Waals surface area contributed by atoms with Crippen LogP contribution in [0.5, 0.6) is 11.5 Å². The number of hydrogen-bond donors (Lipinski definition) is 2. The SMILES string of the molecule is COc1cnc(Cl)cc1-c1ccc(C(F)(F)F)nc1.COc1cnc(Cl)cc1I.OB(O)c1ccc(C(F)(F)F)nc1. The van der Waals surface area contributed by atoms with Gasteiger partial charge in [-0.2, -0.15) is 26.3 Å². The molecule has 0 aliphatic heterocycles. The maximum Gasteiger partial charge on any atom is 0.490 e. The van der Waals surface area contributed by atoms with Crippen LogP contribution in [0.4, 0.5) is 26.3 Å². The number of aromatic nitrogens is 4. The molecule has 0 spiro atoms. The number of ether oxygens (including phenoxy) is 2. The van der Waals surface area contributed by atoms with E-state index in [-0.39, 0.29) is 10.6 Å². The van der Waals surface area contributed by atoms with Crippen molar-refractivity contribution in [1.82, 2.24) is 19.9 Å². The summed E-state index contributed by atoms with van der Waals surface area (Å²) in [5.74, 6) is 1.16. The number of rotatable bonds is 4. The first-order chi connectivity index (χ1) is 19.6. The van der Waals surface area contributed by atoms with Crippen molar-refractivity contribution in [1.29, 1.82) is 0 Å². The first-order valence-electron chi connectivity index (χ1n) is 11.0. The fourth-order valence-corrected chi connectivity index (χ4v) is 3.95. The van der Waals surface area contributed by atoms with Crippen LogP contribution in [0, 0.1) is 3.57 Å². The normalized spacial score (nSPS) is 11.0. The second kappa shape index (κ2) is 15.5. The number of nitrogens with zero attached hydrogens (tertiary/aromatic N) is 4. The van der Waals surface area contributed by atoms with Gasteiger partial charge in [-0.3, -0.25) is 9.97 Å². The van der Waals surface area contributed by atoms with Crippen LogP contribution in [-0.4, -0.2) is 51.3 Å². The first-order valence-corrected chi connectivity index (χ1v) is 12.9. The zero-order valence-corrected chi connectivity index (χ0v) is 24.9. The second-order valence-corrected chi connectivity index (χ2v) is 9.56. The quantitative estimate of drug-likeness (QED) is 0.114. The highest BCUT2D eigenvalue weighted by molar-refractivity contribution is 14.1. The summed E-state index contributed by atoms with van der Waals surface area (Å²) in [6.45, 7) is 0. The van der Waals surface area contributed by atoms with E-state index in [1.807, 2.05) is 0 Å². The fourth-order valence-electron chi connectivity index (χ4n) is 2.80. The van der Waals surface area contributed by atoms with Crippen LogP contribution >= 0.6 is 45.8 Å². The predicted octanol–water partition coefficient (Wildman–Crippen LogP) is 5.95. The van der Waals surface area contributed by atoms with Gasteiger partial charge >= 0.3 is 19.5 Å². The summed E-state index contributed by atoms with van der Waals surface area (Å²) in [7, 11) is 1.24. The molecule has 0 amide bonds. The fraction of sp³-hybridized carbons (Fsp3) is 0.167. The average Bonchev–Trinajstić information content (AvgIpc) is 2.93. The van der Waals surface area contributed by atoms with E-state index in [0.29, 0.717) is 28.1 Å². The summed E-state index contributed by atoms with van der Waals surface area (Å²) >= 11 is 13.5. The van der Waals surface area contributed by atoms with Gasteiger partial charge in [0, 0.05) is 29.0 Å². The van der Waals surface area contributed by atoms with E-state index in [1.54, 1.807) is 19.4 Å². The second-order valence-electron chi connectivity index (χ2n) is 7.63. The molecule has 0 aromatic carbocycles. The van der Waals surface area contributed by atoms with E-state index < -0.39 is 30.9 Å². The van der Waals surface area contributed by atoms with Gasteiger partial charge in [0.1, 0.15) is 27.4 Å². The zero-order valence-electron chi connectivity index (χ0n) is 21.3. The largest absolute Gasteiger partial charge is 0.494 e. The molecule has 0 saturated heterocycles. The van der Waals surface area contributed by atoms with Crippen LogP contribution in [0.15, 0.2) is 61.2 Å². The molecule has 18 heteroatoms. The number of hydrogen-bond acceptors (Lipinski definition) is 8. The third kappa shape index (κ3) is 10.7. The van der Waals surface area contributed by atoms with Gasteiger partial charge in [0.05, 0.1) is 30.2 Å². The summed E-state index contributed by atoms with van der Waals surface area (Å²) in [6, 6.07) is 7.12. The maximum absolute atomic E-state index is 12.4. The summed E-state index contributed by atoms with van der Waals surface area (Å²) in [4.78, 5) is 14.1. The van der Waals surface area contributed by atoms with Crippen LogP contribution in [0.25, 0.3) is 11.1 Å². The summed E-state index contributed by atoms with van der Waals surface area (Å²) < 4.78 is 84.1. The van der Waals surface area contributed by atoms with E-state index >= 15 is 0 Å². The highest BCUT2D eigenvalue weighted by Crippen LogP contribution is 2.33. The minimum atomic E-state index is -4.50. The van der Waals surface area contributed by atoms with Crippen molar-refractivity contribution in [3.8, 4) is 22.6 Å². The van der Waals surface area contributed by atoms with Gasteiger partial charge in [-0.15, -0.1) is 0 Å². The Morgan fingerprint density at radius 1 is 0.714 bits per heavy atom. The molecule has 0 saturated carbocycles. The monoisotopic (exact) mass is 748 g/mol. The van der Waals surface area contributed by atoms with Gasteiger partial charge in [-0.1, -0.05) is 35.3 Å². The molecule has 4 aromatic heterocycles. The molecular formula is C24H18BCl2F6IN4O4. The van der Waals surface area contributed by atoms with E-state index in [2.05, 4.69) is 42.5 Å². The summed E-state index contributed by atoms with van der Waals surface area (Å²) in [5.41, 5.74) is -1.09. The van der Waals surface area contributed by atoms with Gasteiger partial charge in [0.15, 0.2) is 5.75 Å². The smallest absolute Gasteiger partial charge is 0.490 e. The van der Waals surface area contributed by atoms with Gasteiger partial charge in [0.25, 0.3) is 0 Å². The van der Waals surface area contributed by atoms with Crippen LogP contribution in [0.2, 0.25) is 10.3 Å². The Morgan fingerprint density at radius 3 is 1.62 bits per heavy atom. The number of methoxy groups -OCH3 is 2. The molecule has 8 nitrogen and oxygen atoms in total. The lowest BCUT2D eigenvalue weighted by molar-refractivity contribution is -0.141. The predicted molar refractivity (Wildman–Crippen MR) is 152 cm³/mol. The van der Waals surface area contributed by atoms with Gasteiger partial charge in [-0.05, 0) is 46.9 Å². The van der Waals surface area contributed by atoms with Crippen molar-refractivity contribution < 1.29 is 45.9 Å². The van der Waals surface area contributed by atoms with Crippen molar-refractivity contribution >= 4 is 58.4 Å². The van der Waals surface area contributed by atoms with E-state index in [0.717, 1.165) is 33.8 Å². The van der Waals surface area contributed by atoms with E-state index in [9.17, 15) is 26.3 Å². The Kier molecular flexibility index (Phi) is 13.0. The lowest BCUT2D eigenvalue weighted by Crippen LogP contribution is -2.30. The minimum absolute atomic E-state index is 0.0759. The lowest BCUT2D eigenvalue weighted by atomic mass is 9.82. The van der Waals surface area contributed by atoms with Crippen LogP contribution < -0.4 is 14.9 Å². The molecule has 0 atom stereocenters. The Labute approximate surface area is 259 Å². The Morgan fingerprint density at radius 2 is 1.21 bits per heavy atom. The third-order valence-electron chi connectivity index (χ3n) is 4.80. The van der Waals surface area contributed by atoms with E-state index in [4.69, 9.17) is 42.7 Å². The summed E-state index contributed by atoms with van der Waals surface area (Å²) in [5, 5.41) is 17.8. The average molecular weight is 749 g/mol. The van der Waals surface area contributed by atoms with Crippen LogP contribution in [0.3, 0.4) is 0 Å². The molecular weight excluding hydrogens is 731 g/mol. The molecule has 0 bridgehead atoms. The molecule has 0 unspecified atom stereocenters. The number of alkyl halides is 6. The topological polar surface area (TPSA) is 110 Å². The van der Waals surface area contributed by atoms with Crippen LogP contribution in [0.1, 0.15) is 11.4 Å². The molecule has 2 N–H and O–H groups in total. The summed E-state index contributed by atoms with van der Waals surface area (Å²) in [6.07, 6.45) is -4.07. The highest BCUT2D eigenvalue weighted by atomic mass is 127. The van der Waals surface area contributed by atoms with Gasteiger partial charge < -0.3 is 19.5 Å². The van der Waals surface area contributed by atoms with Gasteiger partial charge in [0.2, 0.25) is 0 Å². The molecule has 0 fully saturated rings. The molecule has 4 rings (SSSR count). The van der Waals surface area contributed by atoms with Crippen molar-refractivity contribution in [2.75, 3.05) is 14.2 Å². The highest BCUT2D eigenvalue weighted by Gasteiger charge is 2.33. The van der Waals surface area contributed by atoms with Crippen molar-refractivity contribution in [2.24, 2.45) is 0 Å². The molecule has 0 aliphatic rings. The Balaban J connectivity index is 0.000000234.